The number of aromatic carboxylic acids is 1. The number of carbonyl (C=O) groups excluding carboxylic acids is 1. The van der Waals surface area contributed by atoms with Crippen molar-refractivity contribution in [1.82, 2.24) is 4.98 Å². The number of halogens is 1. The molecule has 0 fully saturated rings. The Hall–Kier alpha value is -2.40. The molecule has 0 aliphatic carbocycles. The molecule has 6 heteroatoms. The van der Waals surface area contributed by atoms with Crippen LogP contribution in [0.2, 0.25) is 5.02 Å². The fourth-order valence-electron chi connectivity index (χ4n) is 1.82. The molecule has 0 atom stereocenters. The molecule has 2 rings (SSSR count). The Balaban J connectivity index is 2.02. The van der Waals surface area contributed by atoms with E-state index in [1.807, 2.05) is 6.07 Å². The maximum absolute atomic E-state index is 11.9. The Morgan fingerprint density at radius 3 is 2.76 bits per heavy atom. The molecular weight excluding hydrogens is 292 g/mol. The van der Waals surface area contributed by atoms with Crippen molar-refractivity contribution < 1.29 is 14.7 Å². The number of benzene rings is 1. The summed E-state index contributed by atoms with van der Waals surface area (Å²) in [4.78, 5) is 27.0. The minimum absolute atomic E-state index is 0.00845. The van der Waals surface area contributed by atoms with Gasteiger partial charge in [-0.1, -0.05) is 17.7 Å². The molecule has 5 nitrogen and oxygen atoms in total. The number of aromatic nitrogens is 1. The zero-order valence-electron chi connectivity index (χ0n) is 11.0. The van der Waals surface area contributed by atoms with Crippen LogP contribution < -0.4 is 5.32 Å². The highest BCUT2D eigenvalue weighted by Crippen LogP contribution is 2.21. The van der Waals surface area contributed by atoms with Gasteiger partial charge < -0.3 is 10.4 Å². The Morgan fingerprint density at radius 2 is 2.10 bits per heavy atom. The van der Waals surface area contributed by atoms with Crippen molar-refractivity contribution in [2.24, 2.45) is 0 Å². The van der Waals surface area contributed by atoms with Crippen molar-refractivity contribution in [3.8, 4) is 0 Å². The first-order chi connectivity index (χ1) is 10.1. The Labute approximate surface area is 126 Å². The summed E-state index contributed by atoms with van der Waals surface area (Å²) in [5.41, 5.74) is 1.15. The number of rotatable bonds is 5. The fourth-order valence-corrected chi connectivity index (χ4v) is 2.00. The third-order valence-corrected chi connectivity index (χ3v) is 3.08. The number of carboxylic acids is 1. The van der Waals surface area contributed by atoms with E-state index in [0.29, 0.717) is 11.4 Å². The second-order valence-corrected chi connectivity index (χ2v) is 4.84. The van der Waals surface area contributed by atoms with Gasteiger partial charge in [0.2, 0.25) is 5.91 Å². The molecule has 0 unspecified atom stereocenters. The molecule has 1 aromatic carbocycles. The number of hydrogen-bond donors (Lipinski definition) is 2. The fraction of sp³-hybridized carbons (Fsp3) is 0.133. The second-order valence-electron chi connectivity index (χ2n) is 4.40. The molecular formula is C15H13ClN2O3. The Kier molecular flexibility index (Phi) is 4.90. The summed E-state index contributed by atoms with van der Waals surface area (Å²) in [6.45, 7) is 0. The molecule has 1 aromatic heterocycles. The van der Waals surface area contributed by atoms with Crippen LogP contribution in [-0.2, 0) is 11.2 Å². The van der Waals surface area contributed by atoms with E-state index in [4.69, 9.17) is 16.7 Å². The standard InChI is InChI=1S/C15H13ClN2O3/c16-11-4-5-12(15(20)21)13(8-11)18-14(19)6-3-10-2-1-7-17-9-10/h1-2,4-5,7-9H,3,6H2,(H,18,19)(H,20,21). The van der Waals surface area contributed by atoms with Gasteiger partial charge in [-0.2, -0.15) is 0 Å². The zero-order chi connectivity index (χ0) is 15.2. The molecule has 108 valence electrons. The van der Waals surface area contributed by atoms with Gasteiger partial charge in [-0.05, 0) is 36.2 Å². The first kappa shape index (κ1) is 15.0. The molecule has 0 aliphatic heterocycles. The number of anilines is 1. The minimum atomic E-state index is -1.12. The molecule has 0 bridgehead atoms. The molecule has 2 N–H and O–H groups in total. The number of nitrogens with one attached hydrogen (secondary N) is 1. The van der Waals surface area contributed by atoms with E-state index in [1.54, 1.807) is 18.5 Å². The van der Waals surface area contributed by atoms with Crippen molar-refractivity contribution in [1.29, 1.82) is 0 Å². The van der Waals surface area contributed by atoms with E-state index in [1.165, 1.54) is 18.2 Å². The lowest BCUT2D eigenvalue weighted by Crippen LogP contribution is -2.15. The summed E-state index contributed by atoms with van der Waals surface area (Å²) in [6, 6.07) is 7.93. The van der Waals surface area contributed by atoms with Gasteiger partial charge in [-0.25, -0.2) is 4.79 Å². The minimum Gasteiger partial charge on any atom is -0.478 e. The normalized spacial score (nSPS) is 10.1. The van der Waals surface area contributed by atoms with Crippen LogP contribution in [0.15, 0.2) is 42.7 Å². The quantitative estimate of drug-likeness (QED) is 0.890. The van der Waals surface area contributed by atoms with Crippen molar-refractivity contribution in [3.63, 3.8) is 0 Å². The zero-order valence-corrected chi connectivity index (χ0v) is 11.8. The van der Waals surface area contributed by atoms with Crippen LogP contribution in [0.1, 0.15) is 22.3 Å². The Morgan fingerprint density at radius 1 is 1.29 bits per heavy atom. The molecule has 21 heavy (non-hydrogen) atoms. The van der Waals surface area contributed by atoms with E-state index in [0.717, 1.165) is 5.56 Å². The summed E-state index contributed by atoms with van der Waals surface area (Å²) in [6.07, 6.45) is 4.12. The van der Waals surface area contributed by atoms with Gasteiger partial charge in [0.1, 0.15) is 0 Å². The van der Waals surface area contributed by atoms with Gasteiger partial charge in [0.05, 0.1) is 11.3 Å². The number of nitrogens with zero attached hydrogens (tertiary/aromatic N) is 1. The van der Waals surface area contributed by atoms with Gasteiger partial charge in [-0.3, -0.25) is 9.78 Å². The van der Waals surface area contributed by atoms with E-state index >= 15 is 0 Å². The van der Waals surface area contributed by atoms with Crippen molar-refractivity contribution in [2.45, 2.75) is 12.8 Å². The van der Waals surface area contributed by atoms with E-state index in [9.17, 15) is 9.59 Å². The van der Waals surface area contributed by atoms with Crippen molar-refractivity contribution >= 4 is 29.2 Å². The Bertz CT molecular complexity index is 659. The third-order valence-electron chi connectivity index (χ3n) is 2.85. The maximum atomic E-state index is 11.9. The largest absolute Gasteiger partial charge is 0.478 e. The highest BCUT2D eigenvalue weighted by Gasteiger charge is 2.13. The first-order valence-electron chi connectivity index (χ1n) is 6.28. The average Bonchev–Trinajstić information content (AvgIpc) is 2.46. The molecule has 0 radical (unpaired) electrons. The van der Waals surface area contributed by atoms with E-state index < -0.39 is 5.97 Å². The van der Waals surface area contributed by atoms with Crippen molar-refractivity contribution in [2.75, 3.05) is 5.32 Å². The lowest BCUT2D eigenvalue weighted by Gasteiger charge is -2.09. The predicted molar refractivity (Wildman–Crippen MR) is 79.6 cm³/mol. The highest BCUT2D eigenvalue weighted by molar-refractivity contribution is 6.31. The summed E-state index contributed by atoms with van der Waals surface area (Å²) < 4.78 is 0. The van der Waals surface area contributed by atoms with Crippen LogP contribution in [0.25, 0.3) is 0 Å². The summed E-state index contributed by atoms with van der Waals surface area (Å²) in [5, 5.41) is 12.0. The monoisotopic (exact) mass is 304 g/mol. The summed E-state index contributed by atoms with van der Waals surface area (Å²) in [7, 11) is 0. The first-order valence-corrected chi connectivity index (χ1v) is 6.65. The number of pyridine rings is 1. The maximum Gasteiger partial charge on any atom is 0.337 e. The summed E-state index contributed by atoms with van der Waals surface area (Å²) >= 11 is 5.83. The topological polar surface area (TPSA) is 79.3 Å². The number of hydrogen-bond acceptors (Lipinski definition) is 3. The number of carbonyl (C=O) groups is 2. The van der Waals surface area contributed by atoms with Crippen LogP contribution >= 0.6 is 11.6 Å². The van der Waals surface area contributed by atoms with Gasteiger partial charge in [-0.15, -0.1) is 0 Å². The highest BCUT2D eigenvalue weighted by atomic mass is 35.5. The SMILES string of the molecule is O=C(CCc1cccnc1)Nc1cc(Cl)ccc1C(=O)O. The molecule has 1 heterocycles. The number of aryl methyl sites for hydroxylation is 1. The molecule has 1 amide bonds. The lowest BCUT2D eigenvalue weighted by atomic mass is 10.1. The molecule has 0 spiro atoms. The number of carboxylic acid groups (broad SMARTS) is 1. The number of amides is 1. The third kappa shape index (κ3) is 4.29. The van der Waals surface area contributed by atoms with Gasteiger partial charge in [0, 0.05) is 23.8 Å². The van der Waals surface area contributed by atoms with Crippen molar-refractivity contribution in [3.05, 3.63) is 58.9 Å². The average molecular weight is 305 g/mol. The lowest BCUT2D eigenvalue weighted by molar-refractivity contribution is -0.116. The second kappa shape index (κ2) is 6.85. The molecule has 0 saturated heterocycles. The van der Waals surface area contributed by atoms with Crippen LogP contribution in [-0.4, -0.2) is 22.0 Å². The van der Waals surface area contributed by atoms with Gasteiger partial charge in [0.25, 0.3) is 0 Å². The van der Waals surface area contributed by atoms with Gasteiger partial charge in [0.15, 0.2) is 0 Å². The van der Waals surface area contributed by atoms with Crippen LogP contribution in [0.4, 0.5) is 5.69 Å². The van der Waals surface area contributed by atoms with E-state index in [-0.39, 0.29) is 23.6 Å². The summed E-state index contributed by atoms with van der Waals surface area (Å²) in [5.74, 6) is -1.39. The van der Waals surface area contributed by atoms with Gasteiger partial charge >= 0.3 is 5.97 Å². The molecule has 2 aromatic rings. The van der Waals surface area contributed by atoms with E-state index in [2.05, 4.69) is 10.3 Å². The van der Waals surface area contributed by atoms with Crippen LogP contribution in [0, 0.1) is 0 Å². The smallest absolute Gasteiger partial charge is 0.337 e. The predicted octanol–water partition coefficient (Wildman–Crippen LogP) is 3.00. The molecule has 0 aliphatic rings. The molecule has 0 saturated carbocycles. The van der Waals surface area contributed by atoms with Crippen LogP contribution in [0.5, 0.6) is 0 Å². The van der Waals surface area contributed by atoms with Crippen LogP contribution in [0.3, 0.4) is 0 Å².